The van der Waals surface area contributed by atoms with Crippen molar-refractivity contribution in [3.8, 4) is 6.07 Å². The minimum absolute atomic E-state index is 0.0574. The second-order valence-electron chi connectivity index (χ2n) is 8.41. The van der Waals surface area contributed by atoms with Gasteiger partial charge in [0.05, 0.1) is 41.3 Å². The molecule has 3 aromatic carbocycles. The number of amides is 1. The van der Waals surface area contributed by atoms with Crippen LogP contribution in [0.15, 0.2) is 71.7 Å². The van der Waals surface area contributed by atoms with Crippen molar-refractivity contribution in [3.05, 3.63) is 106 Å². The highest BCUT2D eigenvalue weighted by molar-refractivity contribution is 6.12. The highest BCUT2D eigenvalue weighted by Crippen LogP contribution is 2.53. The Bertz CT molecular complexity index is 1370. The number of alkyl halides is 3. The predicted octanol–water partition coefficient (Wildman–Crippen LogP) is 5.74. The zero-order valence-electron chi connectivity index (χ0n) is 17.9. The van der Waals surface area contributed by atoms with Gasteiger partial charge in [-0.05, 0) is 47.0 Å². The zero-order chi connectivity index (χ0) is 24.9. The molecule has 2 aliphatic heterocycles. The average Bonchev–Trinajstić information content (AvgIpc) is 2.81. The Labute approximate surface area is 196 Å². The molecule has 1 saturated heterocycles. The van der Waals surface area contributed by atoms with Gasteiger partial charge in [-0.3, -0.25) is 9.79 Å². The molecule has 3 aromatic rings. The number of carbonyl (C=O) groups is 1. The first-order valence-corrected chi connectivity index (χ1v) is 10.7. The Morgan fingerprint density at radius 1 is 0.971 bits per heavy atom. The number of rotatable bonds is 3. The van der Waals surface area contributed by atoms with Crippen molar-refractivity contribution in [3.63, 3.8) is 0 Å². The summed E-state index contributed by atoms with van der Waals surface area (Å²) in [5.74, 6) is -2.63. The number of benzene rings is 3. The molecule has 0 aliphatic carbocycles. The van der Waals surface area contributed by atoms with E-state index in [1.165, 1.54) is 23.1 Å². The summed E-state index contributed by atoms with van der Waals surface area (Å²) in [4.78, 5) is 19.3. The Morgan fingerprint density at radius 2 is 1.66 bits per heavy atom. The Morgan fingerprint density at radius 3 is 2.26 bits per heavy atom. The molecule has 4 nitrogen and oxygen atoms in total. The first-order valence-electron chi connectivity index (χ1n) is 10.7. The summed E-state index contributed by atoms with van der Waals surface area (Å²) in [5, 5.41) is 9.01. The van der Waals surface area contributed by atoms with Gasteiger partial charge in [0.1, 0.15) is 17.8 Å². The molecule has 0 radical (unpaired) electrons. The van der Waals surface area contributed by atoms with Crippen LogP contribution in [0.2, 0.25) is 0 Å². The first-order chi connectivity index (χ1) is 16.7. The maximum absolute atomic E-state index is 14.8. The number of aliphatic imine (C=N–C) groups is 1. The molecule has 0 aromatic heterocycles. The number of nitrogens with zero attached hydrogens (tertiary/aromatic N) is 3. The highest BCUT2D eigenvalue weighted by atomic mass is 19.4. The molecule has 35 heavy (non-hydrogen) atoms. The summed E-state index contributed by atoms with van der Waals surface area (Å²) in [6, 6.07) is 15.3. The molecule has 1 fully saturated rings. The summed E-state index contributed by atoms with van der Waals surface area (Å²) in [5.41, 5.74) is 1.21. The van der Waals surface area contributed by atoms with Crippen LogP contribution >= 0.6 is 0 Å². The van der Waals surface area contributed by atoms with Crippen LogP contribution in [0.4, 0.5) is 22.0 Å². The van der Waals surface area contributed by atoms with Crippen LogP contribution in [0, 0.1) is 23.0 Å². The average molecular weight is 481 g/mol. The van der Waals surface area contributed by atoms with Crippen molar-refractivity contribution in [1.29, 1.82) is 5.26 Å². The van der Waals surface area contributed by atoms with Gasteiger partial charge in [0, 0.05) is 6.07 Å². The van der Waals surface area contributed by atoms with Gasteiger partial charge in [-0.1, -0.05) is 30.3 Å². The van der Waals surface area contributed by atoms with E-state index in [2.05, 4.69) is 4.99 Å². The lowest BCUT2D eigenvalue weighted by atomic mass is 9.74. The fraction of sp³-hybridized carbons (Fsp3) is 0.192. The molecule has 9 heteroatoms. The Balaban J connectivity index is 1.57. The van der Waals surface area contributed by atoms with Gasteiger partial charge in [-0.25, -0.2) is 8.78 Å². The summed E-state index contributed by atoms with van der Waals surface area (Å²) in [6.07, 6.45) is -5.39. The Kier molecular flexibility index (Phi) is 5.39. The van der Waals surface area contributed by atoms with Gasteiger partial charge < -0.3 is 4.90 Å². The van der Waals surface area contributed by atoms with Crippen LogP contribution < -0.4 is 0 Å². The minimum atomic E-state index is -4.52. The van der Waals surface area contributed by atoms with Gasteiger partial charge in [-0.15, -0.1) is 0 Å². The molecule has 0 spiro atoms. The van der Waals surface area contributed by atoms with E-state index in [0.29, 0.717) is 22.4 Å². The van der Waals surface area contributed by atoms with Crippen LogP contribution in [-0.4, -0.2) is 22.7 Å². The minimum Gasteiger partial charge on any atom is -0.312 e. The zero-order valence-corrected chi connectivity index (χ0v) is 17.9. The van der Waals surface area contributed by atoms with E-state index >= 15 is 0 Å². The molecule has 3 atom stereocenters. The third-order valence-electron chi connectivity index (χ3n) is 6.39. The third-order valence-corrected chi connectivity index (χ3v) is 6.39. The standard InChI is InChI=1S/C26H16F5N3O/c27-18-9-10-19(20(28)11-18)23-24(16-5-7-17(8-6-16)26(29,30)31)34-22(35)12-21(33-25(23)34)15-3-1-14(13-32)2-4-15/h1-11,23-25H,12H2. The molecular weight excluding hydrogens is 465 g/mol. The second-order valence-corrected chi connectivity index (χ2v) is 8.41. The number of fused-ring (bicyclic) bond motifs is 1. The third kappa shape index (κ3) is 3.95. The van der Waals surface area contributed by atoms with Crippen LogP contribution in [0.5, 0.6) is 0 Å². The fourth-order valence-electron chi connectivity index (χ4n) is 4.71. The predicted molar refractivity (Wildman–Crippen MR) is 116 cm³/mol. The van der Waals surface area contributed by atoms with E-state index < -0.39 is 41.5 Å². The van der Waals surface area contributed by atoms with E-state index in [-0.39, 0.29) is 17.9 Å². The van der Waals surface area contributed by atoms with Crippen LogP contribution in [0.1, 0.15) is 46.2 Å². The van der Waals surface area contributed by atoms with Crippen molar-refractivity contribution < 1.29 is 26.7 Å². The lowest BCUT2D eigenvalue weighted by Gasteiger charge is -2.55. The monoisotopic (exact) mass is 481 g/mol. The summed E-state index contributed by atoms with van der Waals surface area (Å²) in [7, 11) is 0. The van der Waals surface area contributed by atoms with E-state index in [1.54, 1.807) is 24.3 Å². The maximum atomic E-state index is 14.8. The molecule has 2 heterocycles. The topological polar surface area (TPSA) is 56.5 Å². The van der Waals surface area contributed by atoms with Gasteiger partial charge in [0.2, 0.25) is 5.91 Å². The van der Waals surface area contributed by atoms with Crippen molar-refractivity contribution in [2.75, 3.05) is 0 Å². The fourth-order valence-corrected chi connectivity index (χ4v) is 4.71. The van der Waals surface area contributed by atoms with Crippen molar-refractivity contribution in [2.45, 2.75) is 30.7 Å². The van der Waals surface area contributed by atoms with Gasteiger partial charge in [0.15, 0.2) is 0 Å². The molecule has 1 amide bonds. The second kappa shape index (κ2) is 8.31. The van der Waals surface area contributed by atoms with Crippen LogP contribution in [0.25, 0.3) is 0 Å². The molecule has 3 unspecified atom stereocenters. The Hall–Kier alpha value is -4.06. The molecule has 2 aliphatic rings. The van der Waals surface area contributed by atoms with E-state index in [9.17, 15) is 26.7 Å². The summed E-state index contributed by atoms with van der Waals surface area (Å²) < 4.78 is 67.5. The number of carbonyl (C=O) groups excluding carboxylic acids is 1. The number of hydrogen-bond acceptors (Lipinski definition) is 3. The number of hydrogen-bond donors (Lipinski definition) is 0. The highest BCUT2D eigenvalue weighted by Gasteiger charge is 2.55. The first kappa shape index (κ1) is 22.7. The molecule has 0 saturated carbocycles. The lowest BCUT2D eigenvalue weighted by Crippen LogP contribution is -2.61. The molecule has 0 N–H and O–H groups in total. The van der Waals surface area contributed by atoms with E-state index in [1.807, 2.05) is 6.07 Å². The van der Waals surface area contributed by atoms with Crippen molar-refractivity contribution >= 4 is 11.6 Å². The molecule has 5 rings (SSSR count). The number of nitriles is 1. The summed E-state index contributed by atoms with van der Waals surface area (Å²) >= 11 is 0. The van der Waals surface area contributed by atoms with Gasteiger partial charge in [-0.2, -0.15) is 18.4 Å². The largest absolute Gasteiger partial charge is 0.416 e. The van der Waals surface area contributed by atoms with Gasteiger partial charge >= 0.3 is 6.18 Å². The molecular formula is C26H16F5N3O. The number of halogens is 5. The van der Waals surface area contributed by atoms with Crippen LogP contribution in [0.3, 0.4) is 0 Å². The quantitative estimate of drug-likeness (QED) is 0.448. The smallest absolute Gasteiger partial charge is 0.312 e. The lowest BCUT2D eigenvalue weighted by molar-refractivity contribution is -0.148. The normalized spacial score (nSPS) is 21.6. The van der Waals surface area contributed by atoms with Gasteiger partial charge in [0.25, 0.3) is 0 Å². The van der Waals surface area contributed by atoms with Crippen molar-refractivity contribution in [2.24, 2.45) is 4.99 Å². The molecule has 0 bridgehead atoms. The van der Waals surface area contributed by atoms with Crippen molar-refractivity contribution in [1.82, 2.24) is 4.90 Å². The van der Waals surface area contributed by atoms with E-state index in [4.69, 9.17) is 5.26 Å². The summed E-state index contributed by atoms with van der Waals surface area (Å²) in [6.45, 7) is 0. The SMILES string of the molecule is N#Cc1ccc(C2=NC3C(c4ccc(F)cc4F)C(c4ccc(C(F)(F)F)cc4)N3C(=O)C2)cc1. The van der Waals surface area contributed by atoms with Crippen LogP contribution in [-0.2, 0) is 11.0 Å². The molecule has 176 valence electrons. The maximum Gasteiger partial charge on any atom is 0.416 e. The van der Waals surface area contributed by atoms with E-state index in [0.717, 1.165) is 24.3 Å².